The molecular weight excluding hydrogens is 232 g/mol. The van der Waals surface area contributed by atoms with Gasteiger partial charge in [-0.25, -0.2) is 4.79 Å². The number of nitrogens with zero attached hydrogens (tertiary/aromatic N) is 1. The van der Waals surface area contributed by atoms with Crippen molar-refractivity contribution in [1.29, 1.82) is 0 Å². The molecule has 1 fully saturated rings. The minimum atomic E-state index is -0.450. The molecule has 5 nitrogen and oxygen atoms in total. The second-order valence-corrected chi connectivity index (χ2v) is 6.15. The Labute approximate surface area is 109 Å². The summed E-state index contributed by atoms with van der Waals surface area (Å²) < 4.78 is 5.25. The van der Waals surface area contributed by atoms with E-state index in [1.807, 2.05) is 34.6 Å². The van der Waals surface area contributed by atoms with Crippen LogP contribution in [0.2, 0.25) is 0 Å². The molecule has 0 radical (unpaired) electrons. The van der Waals surface area contributed by atoms with Crippen LogP contribution in [0, 0.1) is 11.8 Å². The lowest BCUT2D eigenvalue weighted by molar-refractivity contribution is -0.124. The summed E-state index contributed by atoms with van der Waals surface area (Å²) in [6.45, 7) is 11.2. The largest absolute Gasteiger partial charge is 0.444 e. The molecule has 18 heavy (non-hydrogen) atoms. The third kappa shape index (κ3) is 4.55. The van der Waals surface area contributed by atoms with Crippen LogP contribution in [0.25, 0.3) is 0 Å². The van der Waals surface area contributed by atoms with Crippen LogP contribution in [0.1, 0.15) is 34.6 Å². The van der Waals surface area contributed by atoms with Crippen LogP contribution in [0.3, 0.4) is 0 Å². The maximum absolute atomic E-state index is 11.6. The molecule has 2 amide bonds. The van der Waals surface area contributed by atoms with Crippen LogP contribution in [-0.2, 0) is 9.53 Å². The number of carbonyl (C=O) groups is 2. The maximum Gasteiger partial charge on any atom is 0.410 e. The molecule has 1 rings (SSSR count). The van der Waals surface area contributed by atoms with E-state index < -0.39 is 5.60 Å². The van der Waals surface area contributed by atoms with Gasteiger partial charge in [0.1, 0.15) is 5.60 Å². The predicted octanol–water partition coefficient (Wildman–Crippen LogP) is 1.63. The van der Waals surface area contributed by atoms with Gasteiger partial charge < -0.3 is 15.0 Å². The molecule has 0 saturated carbocycles. The molecule has 5 heteroatoms. The fraction of sp³-hybridized carbons (Fsp3) is 0.846. The van der Waals surface area contributed by atoms with Gasteiger partial charge in [0.05, 0.1) is 0 Å². The molecule has 1 aliphatic rings. The number of hydrogen-bond donors (Lipinski definition) is 1. The van der Waals surface area contributed by atoms with Crippen molar-refractivity contribution in [2.75, 3.05) is 19.6 Å². The Morgan fingerprint density at radius 3 is 2.33 bits per heavy atom. The van der Waals surface area contributed by atoms with Gasteiger partial charge in [-0.1, -0.05) is 13.8 Å². The topological polar surface area (TPSA) is 58.6 Å². The Kier molecular flexibility index (Phi) is 4.59. The van der Waals surface area contributed by atoms with Gasteiger partial charge in [-0.05, 0) is 20.8 Å². The summed E-state index contributed by atoms with van der Waals surface area (Å²) in [4.78, 5) is 24.7. The first-order chi connectivity index (χ1) is 8.19. The third-order valence-corrected chi connectivity index (χ3v) is 2.70. The van der Waals surface area contributed by atoms with Gasteiger partial charge in [0.25, 0.3) is 0 Å². The highest BCUT2D eigenvalue weighted by Gasteiger charge is 2.33. The van der Waals surface area contributed by atoms with Crippen LogP contribution < -0.4 is 5.32 Å². The van der Waals surface area contributed by atoms with Crippen molar-refractivity contribution in [3.05, 3.63) is 0 Å². The molecule has 0 aliphatic carbocycles. The lowest BCUT2D eigenvalue weighted by atomic mass is 10.0. The normalized spacial score (nSPS) is 16.4. The second-order valence-electron chi connectivity index (χ2n) is 6.15. The van der Waals surface area contributed by atoms with Crippen molar-refractivity contribution in [3.8, 4) is 0 Å². The quantitative estimate of drug-likeness (QED) is 0.835. The van der Waals surface area contributed by atoms with Crippen molar-refractivity contribution in [2.24, 2.45) is 11.8 Å². The summed E-state index contributed by atoms with van der Waals surface area (Å²) in [5.41, 5.74) is -0.450. The molecule has 0 atom stereocenters. The van der Waals surface area contributed by atoms with E-state index in [1.165, 1.54) is 0 Å². The van der Waals surface area contributed by atoms with Gasteiger partial charge in [0, 0.05) is 31.5 Å². The predicted molar refractivity (Wildman–Crippen MR) is 69.1 cm³/mol. The zero-order chi connectivity index (χ0) is 13.9. The van der Waals surface area contributed by atoms with Gasteiger partial charge in [-0.3, -0.25) is 4.79 Å². The Hall–Kier alpha value is -1.26. The Balaban J connectivity index is 2.20. The average molecular weight is 256 g/mol. The lowest BCUT2D eigenvalue weighted by Crippen LogP contribution is -2.55. The molecule has 0 aromatic carbocycles. The minimum Gasteiger partial charge on any atom is -0.444 e. The summed E-state index contributed by atoms with van der Waals surface area (Å²) in [6.07, 6.45) is -0.270. The zero-order valence-corrected chi connectivity index (χ0v) is 11.9. The molecule has 0 unspecified atom stereocenters. The Morgan fingerprint density at radius 1 is 1.33 bits per heavy atom. The lowest BCUT2D eigenvalue weighted by Gasteiger charge is -2.39. The van der Waals surface area contributed by atoms with Crippen molar-refractivity contribution in [3.63, 3.8) is 0 Å². The molecule has 0 spiro atoms. The van der Waals surface area contributed by atoms with Crippen LogP contribution in [0.5, 0.6) is 0 Å². The molecule has 104 valence electrons. The highest BCUT2D eigenvalue weighted by Crippen LogP contribution is 2.18. The first-order valence-corrected chi connectivity index (χ1v) is 6.44. The SMILES string of the molecule is CC(C)C(=O)NCC1CN(C(=O)OC(C)(C)C)C1. The van der Waals surface area contributed by atoms with Crippen molar-refractivity contribution in [2.45, 2.75) is 40.2 Å². The first-order valence-electron chi connectivity index (χ1n) is 6.44. The Morgan fingerprint density at radius 2 is 1.89 bits per heavy atom. The van der Waals surface area contributed by atoms with Gasteiger partial charge in [0.2, 0.25) is 5.91 Å². The number of rotatable bonds is 3. The first kappa shape index (κ1) is 14.8. The monoisotopic (exact) mass is 256 g/mol. The third-order valence-electron chi connectivity index (χ3n) is 2.70. The van der Waals surface area contributed by atoms with Gasteiger partial charge in [-0.15, -0.1) is 0 Å². The van der Waals surface area contributed by atoms with E-state index in [4.69, 9.17) is 4.74 Å². The highest BCUT2D eigenvalue weighted by atomic mass is 16.6. The van der Waals surface area contributed by atoms with Crippen LogP contribution >= 0.6 is 0 Å². The summed E-state index contributed by atoms with van der Waals surface area (Å²) >= 11 is 0. The molecule has 1 N–H and O–H groups in total. The molecule has 1 heterocycles. The van der Waals surface area contributed by atoms with E-state index in [-0.39, 0.29) is 17.9 Å². The summed E-state index contributed by atoms with van der Waals surface area (Å²) in [7, 11) is 0. The molecule has 1 aliphatic heterocycles. The molecule has 0 aromatic rings. The van der Waals surface area contributed by atoms with Crippen molar-refractivity contribution in [1.82, 2.24) is 10.2 Å². The molecular formula is C13H24N2O3. The van der Waals surface area contributed by atoms with E-state index in [1.54, 1.807) is 4.90 Å². The van der Waals surface area contributed by atoms with E-state index in [2.05, 4.69) is 5.32 Å². The fourth-order valence-electron chi connectivity index (χ4n) is 1.62. The van der Waals surface area contributed by atoms with Crippen molar-refractivity contribution >= 4 is 12.0 Å². The van der Waals surface area contributed by atoms with E-state index in [9.17, 15) is 9.59 Å². The van der Waals surface area contributed by atoms with Gasteiger partial charge in [0.15, 0.2) is 0 Å². The molecule has 0 aromatic heterocycles. The fourth-order valence-corrected chi connectivity index (χ4v) is 1.62. The Bertz CT molecular complexity index is 315. The van der Waals surface area contributed by atoms with E-state index in [0.29, 0.717) is 25.6 Å². The van der Waals surface area contributed by atoms with Gasteiger partial charge >= 0.3 is 6.09 Å². The van der Waals surface area contributed by atoms with Gasteiger partial charge in [-0.2, -0.15) is 0 Å². The summed E-state index contributed by atoms with van der Waals surface area (Å²) in [5.74, 6) is 0.415. The number of hydrogen-bond acceptors (Lipinski definition) is 3. The van der Waals surface area contributed by atoms with E-state index in [0.717, 1.165) is 0 Å². The van der Waals surface area contributed by atoms with Crippen LogP contribution in [0.15, 0.2) is 0 Å². The minimum absolute atomic E-state index is 0.00651. The summed E-state index contributed by atoms with van der Waals surface area (Å²) in [5, 5.41) is 2.87. The molecule has 1 saturated heterocycles. The van der Waals surface area contributed by atoms with E-state index >= 15 is 0 Å². The van der Waals surface area contributed by atoms with Crippen molar-refractivity contribution < 1.29 is 14.3 Å². The number of nitrogens with one attached hydrogen (secondary N) is 1. The van der Waals surface area contributed by atoms with Crippen LogP contribution in [0.4, 0.5) is 4.79 Å². The smallest absolute Gasteiger partial charge is 0.410 e. The number of ether oxygens (including phenoxy) is 1. The zero-order valence-electron chi connectivity index (χ0n) is 11.9. The summed E-state index contributed by atoms with van der Waals surface area (Å²) in [6, 6.07) is 0. The standard InChI is InChI=1S/C13H24N2O3/c1-9(2)11(16)14-6-10-7-15(8-10)12(17)18-13(3,4)5/h9-10H,6-8H2,1-5H3,(H,14,16). The number of carbonyl (C=O) groups excluding carboxylic acids is 2. The number of likely N-dealkylation sites (tertiary alicyclic amines) is 1. The highest BCUT2D eigenvalue weighted by molar-refractivity contribution is 5.77. The number of amides is 2. The average Bonchev–Trinajstić information content (AvgIpc) is 2.11. The maximum atomic E-state index is 11.6. The molecule has 0 bridgehead atoms. The van der Waals surface area contributed by atoms with Crippen LogP contribution in [-0.4, -0.2) is 42.1 Å². The second kappa shape index (κ2) is 5.59.